The van der Waals surface area contributed by atoms with Crippen LogP contribution in [0.5, 0.6) is 23.0 Å². The summed E-state index contributed by atoms with van der Waals surface area (Å²) in [5.74, 6) is 3.91. The monoisotopic (exact) mass is 1810 g/mol. The summed E-state index contributed by atoms with van der Waals surface area (Å²) < 4.78 is 22.3. The van der Waals surface area contributed by atoms with Gasteiger partial charge in [-0.2, -0.15) is 0 Å². The molecule has 134 heavy (non-hydrogen) atoms. The number of carbonyl (C=O) groups is 1. The SMILES string of the molecule is CC(C)(C)c1cc2[nH]ccc2cc1-c1ccccc1.CC(C)c1ccc(-c2cc3cc[nH]c3cc2C(C)(C)C)cc1.CN(C)CCNC(=O)c1ccc(-c2cc3cc[nH]c3cc2C(C)(C)C)cc1.COc1cc(Cl)ccc1-c1cc2cc[nH]c2cc1C(C)(C)C.COc1cccc(OC)c1-c1cc2cc[nH]c2cc1C(C)(C)C.COc1ccccc1-c1cc2cc[nH]c2cc1C(C)(C)C. The highest BCUT2D eigenvalue weighted by Crippen LogP contribution is 2.48. The van der Waals surface area contributed by atoms with E-state index in [1.54, 1.807) is 28.4 Å². The Morgan fingerprint density at radius 2 is 0.612 bits per heavy atom. The van der Waals surface area contributed by atoms with Crippen molar-refractivity contribution in [1.29, 1.82) is 0 Å². The van der Waals surface area contributed by atoms with Crippen molar-refractivity contribution >= 4 is 82.9 Å². The molecule has 7 N–H and O–H groups in total. The number of hydrogen-bond donors (Lipinski definition) is 7. The van der Waals surface area contributed by atoms with Gasteiger partial charge in [0, 0.05) is 105 Å². The van der Waals surface area contributed by atoms with Gasteiger partial charge in [0.15, 0.2) is 0 Å². The summed E-state index contributed by atoms with van der Waals surface area (Å²) in [6.07, 6.45) is 11.9. The number of carbonyl (C=O) groups excluding carboxylic acids is 1. The normalized spacial score (nSPS) is 11.9. The minimum atomic E-state index is -0.0273. The van der Waals surface area contributed by atoms with Crippen LogP contribution in [-0.2, 0) is 32.5 Å². The number of fused-ring (bicyclic) bond motifs is 6. The van der Waals surface area contributed by atoms with Gasteiger partial charge in [0.1, 0.15) is 23.0 Å². The fourth-order valence-electron chi connectivity index (χ4n) is 17.5. The van der Waals surface area contributed by atoms with Crippen LogP contribution in [0.25, 0.3) is 132 Å². The Kier molecular flexibility index (Phi) is 30.2. The molecular weight excluding hydrogens is 1670 g/mol. The van der Waals surface area contributed by atoms with E-state index in [0.717, 1.165) is 73.9 Å². The van der Waals surface area contributed by atoms with Gasteiger partial charge in [0.05, 0.1) is 34.0 Å². The van der Waals surface area contributed by atoms with Crippen molar-refractivity contribution < 1.29 is 23.7 Å². The van der Waals surface area contributed by atoms with Gasteiger partial charge >= 0.3 is 0 Å². The van der Waals surface area contributed by atoms with Crippen LogP contribution in [0, 0.1) is 0 Å². The molecule has 18 aromatic rings. The van der Waals surface area contributed by atoms with Gasteiger partial charge in [0.25, 0.3) is 5.91 Å². The van der Waals surface area contributed by atoms with E-state index < -0.39 is 0 Å². The predicted molar refractivity (Wildman–Crippen MR) is 571 cm³/mol. The lowest BCUT2D eigenvalue weighted by atomic mass is 9.81. The van der Waals surface area contributed by atoms with E-state index >= 15 is 0 Å². The summed E-state index contributed by atoms with van der Waals surface area (Å²) >= 11 is 6.11. The fraction of sp³-hybridized carbons (Fsp3) is 0.292. The molecule has 0 radical (unpaired) electrons. The molecule has 0 aliphatic rings. The highest BCUT2D eigenvalue weighted by atomic mass is 35.5. The van der Waals surface area contributed by atoms with E-state index in [2.05, 4.69) is 355 Å². The number of H-pyrrole nitrogens is 6. The topological polar surface area (TPSA) is 164 Å². The number of ether oxygens (including phenoxy) is 4. The molecule has 0 atom stereocenters. The number of benzene rings is 12. The van der Waals surface area contributed by atoms with Crippen LogP contribution in [0.1, 0.15) is 194 Å². The molecular formula is C120H137ClN8O5. The molecule has 0 fully saturated rings. The lowest BCUT2D eigenvalue weighted by molar-refractivity contribution is 0.0951. The molecule has 18 rings (SSSR count). The molecule has 6 aromatic heterocycles. The molecule has 0 saturated heterocycles. The van der Waals surface area contributed by atoms with Crippen molar-refractivity contribution in [3.8, 4) is 89.8 Å². The number of halogens is 1. The largest absolute Gasteiger partial charge is 0.496 e. The van der Waals surface area contributed by atoms with Crippen molar-refractivity contribution in [3.05, 3.63) is 335 Å². The molecule has 0 saturated carbocycles. The second-order valence-electron chi connectivity index (χ2n) is 41.6. The molecule has 0 aliphatic heterocycles. The van der Waals surface area contributed by atoms with Gasteiger partial charge in [-0.15, -0.1) is 0 Å². The highest BCUT2D eigenvalue weighted by Gasteiger charge is 2.29. The maximum atomic E-state index is 12.3. The first-order valence-corrected chi connectivity index (χ1v) is 47.0. The summed E-state index contributed by atoms with van der Waals surface area (Å²) in [6.45, 7) is 46.4. The number of rotatable bonds is 15. The Morgan fingerprint density at radius 3 is 0.955 bits per heavy atom. The standard InChI is InChI=1S/C23H29N3O.C21H25N.C20H23NO2.C19H20ClNO.C19H21NO.C18H19N/c1-23(2,3)20-15-21-18(10-11-24-21)14-19(20)16-6-8-17(9-7-16)22(27)25-12-13-26(4)5;1-14(2)15-6-8-16(9-7-15)18-12-17-10-11-22-20(17)13-19(18)21(3,4)5;1-20(2,3)15-12-16-13(9-10-21-16)11-14(15)19-17(22-4)7-6-8-18(19)23-5;1-19(2,3)16-11-17-12(7-8-21-17)9-15(16)14-6-5-13(20)10-18(14)22-4;1-19(2,3)16-12-17-13(9-10-20-17)11-15(16)14-7-5-6-8-18(14)21-4;1-18(2,3)16-12-17-14(9-10-19-17)11-15(16)13-7-5-4-6-8-13/h6-11,14-15,24H,12-13H2,1-5H3,(H,25,27);6-14,22H,1-5H3;6-12,21H,1-5H3;5-11,21H,1-4H3;5-12,20H,1-4H3;4-12,19H,1-3H3. The maximum Gasteiger partial charge on any atom is 0.251 e. The summed E-state index contributed by atoms with van der Waals surface area (Å²) in [5, 5.41) is 11.0. The molecule has 694 valence electrons. The lowest BCUT2D eigenvalue weighted by Crippen LogP contribution is -2.31. The van der Waals surface area contributed by atoms with Crippen LogP contribution in [-0.4, -0.2) is 96.3 Å². The van der Waals surface area contributed by atoms with Gasteiger partial charge < -0.3 is 59.1 Å². The first-order chi connectivity index (χ1) is 63.5. The summed E-state index contributed by atoms with van der Waals surface area (Å²) in [6, 6.07) is 87.3. The van der Waals surface area contributed by atoms with Crippen molar-refractivity contribution in [1.82, 2.24) is 40.1 Å². The Morgan fingerprint density at radius 1 is 0.313 bits per heavy atom. The van der Waals surface area contributed by atoms with E-state index in [0.29, 0.717) is 23.0 Å². The van der Waals surface area contributed by atoms with Crippen LogP contribution >= 0.6 is 11.6 Å². The number of methoxy groups -OCH3 is 4. The minimum Gasteiger partial charge on any atom is -0.496 e. The number of likely N-dealkylation sites (N-methyl/N-ethyl adjacent to an activating group) is 1. The summed E-state index contributed by atoms with van der Waals surface area (Å²) in [4.78, 5) is 34.2. The van der Waals surface area contributed by atoms with Gasteiger partial charge in [-0.05, 0) is 332 Å². The van der Waals surface area contributed by atoms with E-state index in [1.807, 2.05) is 124 Å². The number of amides is 1. The third-order valence-corrected chi connectivity index (χ3v) is 25.1. The molecule has 14 heteroatoms. The zero-order valence-corrected chi connectivity index (χ0v) is 84.2. The fourth-order valence-corrected chi connectivity index (χ4v) is 17.7. The number of aromatic amines is 6. The average Bonchev–Trinajstić information content (AvgIpc) is 1.40. The highest BCUT2D eigenvalue weighted by molar-refractivity contribution is 6.30. The first-order valence-electron chi connectivity index (χ1n) is 46.6. The maximum absolute atomic E-state index is 12.3. The zero-order valence-electron chi connectivity index (χ0n) is 83.5. The number of nitrogens with zero attached hydrogens (tertiary/aromatic N) is 1. The summed E-state index contributed by atoms with van der Waals surface area (Å²) in [5.41, 5.74) is 31.9. The second-order valence-corrected chi connectivity index (χ2v) is 42.1. The Balaban J connectivity index is 0.000000137. The van der Waals surface area contributed by atoms with Gasteiger partial charge in [-0.3, -0.25) is 4.79 Å². The van der Waals surface area contributed by atoms with E-state index in [4.69, 9.17) is 30.5 Å². The Labute approximate surface area is 799 Å². The minimum absolute atomic E-state index is 0.000494. The predicted octanol–water partition coefficient (Wildman–Crippen LogP) is 31.9. The van der Waals surface area contributed by atoms with Gasteiger partial charge in [-0.1, -0.05) is 241 Å². The molecule has 1 amide bonds. The third kappa shape index (κ3) is 23.2. The zero-order chi connectivity index (χ0) is 96.5. The van der Waals surface area contributed by atoms with Crippen molar-refractivity contribution in [3.63, 3.8) is 0 Å². The van der Waals surface area contributed by atoms with Crippen LogP contribution in [0.3, 0.4) is 0 Å². The van der Waals surface area contributed by atoms with Crippen molar-refractivity contribution in [2.45, 2.75) is 177 Å². The lowest BCUT2D eigenvalue weighted by Gasteiger charge is -2.25. The Hall–Kier alpha value is -13.2. The van der Waals surface area contributed by atoms with Crippen LogP contribution in [0.2, 0.25) is 5.02 Å². The number of hydrogen-bond acceptors (Lipinski definition) is 6. The van der Waals surface area contributed by atoms with Crippen molar-refractivity contribution in [2.75, 3.05) is 55.6 Å². The molecule has 0 aliphatic carbocycles. The third-order valence-electron chi connectivity index (χ3n) is 24.8. The van der Waals surface area contributed by atoms with Gasteiger partial charge in [0.2, 0.25) is 0 Å². The molecule has 0 unspecified atom stereocenters. The number of aromatic nitrogens is 6. The first kappa shape index (κ1) is 98.3. The molecule has 13 nitrogen and oxygen atoms in total. The van der Waals surface area contributed by atoms with Crippen LogP contribution < -0.4 is 24.3 Å². The number of nitrogens with one attached hydrogen (secondary N) is 7. The average molecular weight is 1810 g/mol. The van der Waals surface area contributed by atoms with Crippen LogP contribution in [0.4, 0.5) is 0 Å². The van der Waals surface area contributed by atoms with Gasteiger partial charge in [-0.25, -0.2) is 0 Å². The van der Waals surface area contributed by atoms with E-state index in [9.17, 15) is 4.79 Å². The second kappa shape index (κ2) is 41.1. The molecule has 0 bridgehead atoms. The quantitative estimate of drug-likeness (QED) is 0.0540. The number of para-hydroxylation sites is 1. The summed E-state index contributed by atoms with van der Waals surface area (Å²) in [7, 11) is 10.8. The Bertz CT molecular complexity index is 7020. The van der Waals surface area contributed by atoms with E-state index in [-0.39, 0.29) is 38.4 Å². The van der Waals surface area contributed by atoms with Crippen LogP contribution in [0.15, 0.2) is 286 Å². The van der Waals surface area contributed by atoms with Crippen molar-refractivity contribution in [2.24, 2.45) is 0 Å². The molecule has 0 spiro atoms. The molecule has 6 heterocycles. The molecule has 12 aromatic carbocycles. The van der Waals surface area contributed by atoms with E-state index in [1.165, 1.54) is 127 Å². The smallest absolute Gasteiger partial charge is 0.251 e.